The number of halogens is 1. The van der Waals surface area contributed by atoms with E-state index < -0.39 is 12.0 Å². The van der Waals surface area contributed by atoms with E-state index in [0.717, 1.165) is 0 Å². The Morgan fingerprint density at radius 2 is 2.50 bits per heavy atom. The summed E-state index contributed by atoms with van der Waals surface area (Å²) in [6.07, 6.45) is 1.81. The van der Waals surface area contributed by atoms with E-state index in [0.29, 0.717) is 17.3 Å². The van der Waals surface area contributed by atoms with Crippen LogP contribution in [0.4, 0.5) is 0 Å². The summed E-state index contributed by atoms with van der Waals surface area (Å²) in [4.78, 5) is 10.5. The SMILES string of the molecule is CCn1cc(Cl)c(C[C@H](N)C(=O)O)n1. The highest BCUT2D eigenvalue weighted by Gasteiger charge is 2.16. The molecule has 0 aliphatic rings. The normalized spacial score (nSPS) is 12.8. The number of carbonyl (C=O) groups is 1. The first-order valence-corrected chi connectivity index (χ1v) is 4.62. The minimum absolute atomic E-state index is 0.154. The van der Waals surface area contributed by atoms with Crippen molar-refractivity contribution in [3.63, 3.8) is 0 Å². The van der Waals surface area contributed by atoms with Crippen LogP contribution in [0.5, 0.6) is 0 Å². The molecule has 1 aromatic heterocycles. The molecule has 14 heavy (non-hydrogen) atoms. The van der Waals surface area contributed by atoms with Gasteiger partial charge in [0, 0.05) is 19.2 Å². The third kappa shape index (κ3) is 2.46. The lowest BCUT2D eigenvalue weighted by molar-refractivity contribution is -0.138. The van der Waals surface area contributed by atoms with E-state index in [1.54, 1.807) is 10.9 Å². The van der Waals surface area contributed by atoms with Crippen LogP contribution in [0.2, 0.25) is 5.02 Å². The van der Waals surface area contributed by atoms with Gasteiger partial charge in [0.2, 0.25) is 0 Å². The zero-order chi connectivity index (χ0) is 10.7. The smallest absolute Gasteiger partial charge is 0.320 e. The van der Waals surface area contributed by atoms with Crippen LogP contribution < -0.4 is 5.73 Å². The molecule has 1 heterocycles. The highest BCUT2D eigenvalue weighted by Crippen LogP contribution is 2.15. The van der Waals surface area contributed by atoms with Crippen LogP contribution in [0.3, 0.4) is 0 Å². The first-order chi connectivity index (χ1) is 6.54. The molecule has 0 radical (unpaired) electrons. The fraction of sp³-hybridized carbons (Fsp3) is 0.500. The number of rotatable bonds is 4. The van der Waals surface area contributed by atoms with Gasteiger partial charge in [0.25, 0.3) is 0 Å². The van der Waals surface area contributed by atoms with Gasteiger partial charge in [-0.3, -0.25) is 9.48 Å². The summed E-state index contributed by atoms with van der Waals surface area (Å²) in [6, 6.07) is -0.951. The molecule has 0 aromatic carbocycles. The lowest BCUT2D eigenvalue weighted by Gasteiger charge is -2.03. The number of carboxylic acid groups (broad SMARTS) is 1. The van der Waals surface area contributed by atoms with Crippen LogP contribution in [0, 0.1) is 0 Å². The number of aromatic nitrogens is 2. The fourth-order valence-electron chi connectivity index (χ4n) is 1.03. The molecule has 0 bridgehead atoms. The van der Waals surface area contributed by atoms with Gasteiger partial charge in [-0.2, -0.15) is 5.10 Å². The third-order valence-electron chi connectivity index (χ3n) is 1.84. The quantitative estimate of drug-likeness (QED) is 0.770. The fourth-order valence-corrected chi connectivity index (χ4v) is 1.26. The van der Waals surface area contributed by atoms with Crippen molar-refractivity contribution in [1.29, 1.82) is 0 Å². The number of carboxylic acids is 1. The number of nitrogens with zero attached hydrogens (tertiary/aromatic N) is 2. The topological polar surface area (TPSA) is 81.1 Å². The molecular formula is C8H12ClN3O2. The van der Waals surface area contributed by atoms with Crippen molar-refractivity contribution >= 4 is 17.6 Å². The number of aliphatic carboxylic acids is 1. The van der Waals surface area contributed by atoms with Crippen LogP contribution in [-0.2, 0) is 17.8 Å². The maximum Gasteiger partial charge on any atom is 0.320 e. The molecule has 1 aromatic rings. The summed E-state index contributed by atoms with van der Waals surface area (Å²) < 4.78 is 1.65. The van der Waals surface area contributed by atoms with E-state index in [-0.39, 0.29) is 6.42 Å². The molecule has 0 unspecified atom stereocenters. The lowest BCUT2D eigenvalue weighted by Crippen LogP contribution is -2.32. The molecule has 0 aliphatic carbocycles. The molecule has 0 saturated heterocycles. The van der Waals surface area contributed by atoms with E-state index in [2.05, 4.69) is 5.10 Å². The Bertz CT molecular complexity index is 337. The van der Waals surface area contributed by atoms with Crippen molar-refractivity contribution in [2.24, 2.45) is 5.73 Å². The first-order valence-electron chi connectivity index (χ1n) is 4.24. The van der Waals surface area contributed by atoms with Gasteiger partial charge in [0.15, 0.2) is 0 Å². The third-order valence-corrected chi connectivity index (χ3v) is 2.16. The van der Waals surface area contributed by atoms with E-state index in [1.165, 1.54) is 0 Å². The van der Waals surface area contributed by atoms with Crippen molar-refractivity contribution in [3.8, 4) is 0 Å². The molecule has 6 heteroatoms. The van der Waals surface area contributed by atoms with Crippen molar-refractivity contribution in [3.05, 3.63) is 16.9 Å². The van der Waals surface area contributed by atoms with E-state index in [9.17, 15) is 4.79 Å². The summed E-state index contributed by atoms with van der Waals surface area (Å²) in [5, 5.41) is 13.1. The maximum absolute atomic E-state index is 10.5. The molecule has 0 spiro atoms. The second-order valence-electron chi connectivity index (χ2n) is 2.93. The van der Waals surface area contributed by atoms with E-state index in [4.69, 9.17) is 22.4 Å². The summed E-state index contributed by atoms with van der Waals surface area (Å²) in [5.74, 6) is -1.05. The second-order valence-corrected chi connectivity index (χ2v) is 3.34. The minimum Gasteiger partial charge on any atom is -0.480 e. The minimum atomic E-state index is -1.05. The van der Waals surface area contributed by atoms with Gasteiger partial charge >= 0.3 is 5.97 Å². The van der Waals surface area contributed by atoms with Crippen LogP contribution >= 0.6 is 11.6 Å². The van der Waals surface area contributed by atoms with Gasteiger partial charge < -0.3 is 10.8 Å². The van der Waals surface area contributed by atoms with Gasteiger partial charge in [-0.15, -0.1) is 0 Å². The average molecular weight is 218 g/mol. The molecular weight excluding hydrogens is 206 g/mol. The Hall–Kier alpha value is -1.07. The predicted molar refractivity (Wildman–Crippen MR) is 52.2 cm³/mol. The molecule has 0 aliphatic heterocycles. The number of nitrogens with two attached hydrogens (primary N) is 1. The zero-order valence-electron chi connectivity index (χ0n) is 7.77. The molecule has 1 atom stereocenters. The molecule has 78 valence electrons. The first kappa shape index (κ1) is 11.0. The summed E-state index contributed by atoms with van der Waals surface area (Å²) in [7, 11) is 0. The van der Waals surface area contributed by atoms with Crippen molar-refractivity contribution in [1.82, 2.24) is 9.78 Å². The van der Waals surface area contributed by atoms with Gasteiger partial charge in [0.05, 0.1) is 10.7 Å². The Morgan fingerprint density at radius 1 is 1.86 bits per heavy atom. The lowest BCUT2D eigenvalue weighted by atomic mass is 10.2. The average Bonchev–Trinajstić information content (AvgIpc) is 2.47. The Kier molecular flexibility index (Phi) is 3.49. The molecule has 1 rings (SSSR count). The van der Waals surface area contributed by atoms with Crippen LogP contribution in [0.15, 0.2) is 6.20 Å². The largest absolute Gasteiger partial charge is 0.480 e. The number of aryl methyl sites for hydroxylation is 1. The monoisotopic (exact) mass is 217 g/mol. The highest BCUT2D eigenvalue weighted by atomic mass is 35.5. The molecule has 3 N–H and O–H groups in total. The second kappa shape index (κ2) is 4.43. The zero-order valence-corrected chi connectivity index (χ0v) is 8.53. The Morgan fingerprint density at radius 3 is 2.93 bits per heavy atom. The Balaban J connectivity index is 2.75. The molecule has 0 fully saturated rings. The standard InChI is InChI=1S/C8H12ClN3O2/c1-2-12-4-5(9)7(11-12)3-6(10)8(13)14/h4,6H,2-3,10H2,1H3,(H,13,14)/t6-/m0/s1. The molecule has 5 nitrogen and oxygen atoms in total. The molecule has 0 amide bonds. The van der Waals surface area contributed by atoms with Gasteiger partial charge in [0.1, 0.15) is 6.04 Å². The highest BCUT2D eigenvalue weighted by molar-refractivity contribution is 6.31. The molecule has 0 saturated carbocycles. The number of hydrogen-bond acceptors (Lipinski definition) is 3. The summed E-state index contributed by atoms with van der Waals surface area (Å²) in [6.45, 7) is 2.62. The van der Waals surface area contributed by atoms with Crippen molar-refractivity contribution in [2.45, 2.75) is 25.9 Å². The van der Waals surface area contributed by atoms with E-state index >= 15 is 0 Å². The van der Waals surface area contributed by atoms with Crippen LogP contribution in [0.1, 0.15) is 12.6 Å². The predicted octanol–water partition coefficient (Wildman–Crippen LogP) is 0.511. The van der Waals surface area contributed by atoms with Crippen molar-refractivity contribution < 1.29 is 9.90 Å². The Labute approximate surface area is 86.5 Å². The maximum atomic E-state index is 10.5. The van der Waals surface area contributed by atoms with Crippen LogP contribution in [0.25, 0.3) is 0 Å². The summed E-state index contributed by atoms with van der Waals surface area (Å²) in [5.41, 5.74) is 5.89. The van der Waals surface area contributed by atoms with Crippen molar-refractivity contribution in [2.75, 3.05) is 0 Å². The van der Waals surface area contributed by atoms with Crippen LogP contribution in [-0.4, -0.2) is 26.9 Å². The van der Waals surface area contributed by atoms with Gasteiger partial charge in [-0.25, -0.2) is 0 Å². The number of hydrogen-bond donors (Lipinski definition) is 2. The van der Waals surface area contributed by atoms with Gasteiger partial charge in [-0.05, 0) is 6.92 Å². The summed E-state index contributed by atoms with van der Waals surface area (Å²) >= 11 is 5.84. The van der Waals surface area contributed by atoms with Gasteiger partial charge in [-0.1, -0.05) is 11.6 Å². The van der Waals surface area contributed by atoms with E-state index in [1.807, 2.05) is 6.92 Å².